The second kappa shape index (κ2) is 16.8. The molecule has 0 aliphatic carbocycles. The van der Waals surface area contributed by atoms with E-state index >= 15 is 0 Å². The lowest BCUT2D eigenvalue weighted by Gasteiger charge is -2.22. The molecular weight excluding hydrogens is 917 g/mol. The van der Waals surface area contributed by atoms with Crippen LogP contribution in [0.15, 0.2) is 162 Å². The summed E-state index contributed by atoms with van der Waals surface area (Å²) in [7, 11) is 0. The number of nitrogens with zero attached hydrogens (tertiary/aromatic N) is 6. The minimum absolute atomic E-state index is 0.0947. The number of benzene rings is 8. The van der Waals surface area contributed by atoms with Crippen LogP contribution in [-0.4, -0.2) is 24.1 Å². The Morgan fingerprint density at radius 1 is 0.400 bits per heavy atom. The predicted octanol–water partition coefficient (Wildman–Crippen LogP) is 18.0. The maximum Gasteiger partial charge on any atom is 0.167 e. The van der Waals surface area contributed by atoms with Gasteiger partial charge in [0.15, 0.2) is 17.5 Å². The van der Waals surface area contributed by atoms with Gasteiger partial charge in [-0.15, -0.1) is 0 Å². The van der Waals surface area contributed by atoms with Crippen LogP contribution in [0.25, 0.3) is 111 Å². The number of rotatable bonds is 5. The van der Waals surface area contributed by atoms with Crippen molar-refractivity contribution in [3.63, 3.8) is 0 Å². The summed E-state index contributed by atoms with van der Waals surface area (Å²) in [4.78, 5) is 15.4. The summed E-state index contributed by atoms with van der Waals surface area (Å²) in [6, 6.07) is 58.7. The van der Waals surface area contributed by atoms with Crippen LogP contribution in [-0.2, 0) is 21.7 Å². The van der Waals surface area contributed by atoms with Crippen molar-refractivity contribution in [1.29, 1.82) is 5.26 Å². The average molecular weight is 979 g/mol. The number of hydrogen-bond donors (Lipinski definition) is 0. The fourth-order valence-electron chi connectivity index (χ4n) is 11.0. The van der Waals surface area contributed by atoms with Crippen molar-refractivity contribution in [1.82, 2.24) is 24.1 Å². The Balaban J connectivity index is 1.27. The molecule has 0 amide bonds. The number of furan rings is 1. The summed E-state index contributed by atoms with van der Waals surface area (Å²) < 4.78 is 12.0. The van der Waals surface area contributed by atoms with E-state index in [4.69, 9.17) is 19.4 Å². The van der Waals surface area contributed by atoms with E-state index in [9.17, 15) is 5.26 Å². The third-order valence-corrected chi connectivity index (χ3v) is 15.2. The smallest absolute Gasteiger partial charge is 0.167 e. The van der Waals surface area contributed by atoms with Crippen LogP contribution in [0, 0.1) is 11.3 Å². The Labute approximate surface area is 439 Å². The Bertz CT molecular complexity index is 4120. The van der Waals surface area contributed by atoms with Crippen LogP contribution in [0.1, 0.15) is 111 Å². The minimum atomic E-state index is -0.100. The topological polar surface area (TPSA) is 85.5 Å². The molecule has 0 aliphatic heterocycles. The van der Waals surface area contributed by atoms with Gasteiger partial charge in [-0.05, 0) is 98.5 Å². The highest BCUT2D eigenvalue weighted by molar-refractivity contribution is 6.19. The van der Waals surface area contributed by atoms with Crippen LogP contribution in [0.5, 0.6) is 0 Å². The molecule has 0 bridgehead atoms. The summed E-state index contributed by atoms with van der Waals surface area (Å²) in [5.74, 6) is 1.61. The largest absolute Gasteiger partial charge is 0.455 e. The van der Waals surface area contributed by atoms with Gasteiger partial charge in [-0.25, -0.2) is 15.0 Å². The number of para-hydroxylation sites is 1. The van der Waals surface area contributed by atoms with Crippen LogP contribution in [0.4, 0.5) is 0 Å². The molecule has 8 aromatic carbocycles. The molecule has 0 fully saturated rings. The molecule has 0 atom stereocenters. The Kier molecular flexibility index (Phi) is 10.7. The van der Waals surface area contributed by atoms with Gasteiger partial charge >= 0.3 is 0 Å². The van der Waals surface area contributed by atoms with E-state index in [1.54, 1.807) is 0 Å². The first kappa shape index (κ1) is 47.7. The molecule has 7 heteroatoms. The molecule has 0 radical (unpaired) electrons. The molecule has 7 nitrogen and oxygen atoms in total. The molecule has 4 heterocycles. The summed E-state index contributed by atoms with van der Waals surface area (Å²) in [6.07, 6.45) is 0. The van der Waals surface area contributed by atoms with E-state index in [0.717, 1.165) is 82.4 Å². The Hall–Kier alpha value is -8.34. The maximum atomic E-state index is 11.8. The molecule has 0 saturated carbocycles. The van der Waals surface area contributed by atoms with Crippen LogP contribution in [0.3, 0.4) is 0 Å². The van der Waals surface area contributed by atoms with Crippen molar-refractivity contribution in [3.05, 3.63) is 186 Å². The van der Waals surface area contributed by atoms with Crippen molar-refractivity contribution >= 4 is 65.6 Å². The average Bonchev–Trinajstić information content (AvgIpc) is 4.08. The van der Waals surface area contributed by atoms with E-state index in [1.807, 2.05) is 72.8 Å². The third-order valence-electron chi connectivity index (χ3n) is 15.2. The summed E-state index contributed by atoms with van der Waals surface area (Å²) in [5.41, 5.74) is 14.5. The molecular formula is C68H62N6O. The van der Waals surface area contributed by atoms with E-state index in [2.05, 4.69) is 183 Å². The second-order valence-corrected chi connectivity index (χ2v) is 24.5. The first-order chi connectivity index (χ1) is 35.7. The maximum absolute atomic E-state index is 11.8. The molecule has 0 N–H and O–H groups in total. The van der Waals surface area contributed by atoms with Gasteiger partial charge in [0.05, 0.1) is 50.0 Å². The molecule has 370 valence electrons. The zero-order valence-corrected chi connectivity index (χ0v) is 45.1. The molecule has 75 heavy (non-hydrogen) atoms. The van der Waals surface area contributed by atoms with Crippen molar-refractivity contribution in [2.45, 2.75) is 105 Å². The minimum Gasteiger partial charge on any atom is -0.455 e. The van der Waals surface area contributed by atoms with E-state index in [1.165, 1.54) is 22.3 Å². The van der Waals surface area contributed by atoms with Gasteiger partial charge in [-0.1, -0.05) is 180 Å². The lowest BCUT2D eigenvalue weighted by atomic mass is 9.85. The molecule has 0 unspecified atom stereocenters. The zero-order chi connectivity index (χ0) is 52.5. The lowest BCUT2D eigenvalue weighted by Crippen LogP contribution is -2.11. The van der Waals surface area contributed by atoms with Gasteiger partial charge in [-0.3, -0.25) is 0 Å². The van der Waals surface area contributed by atoms with Gasteiger partial charge in [0.2, 0.25) is 0 Å². The fraction of sp³-hybridized carbons (Fsp3) is 0.235. The van der Waals surface area contributed by atoms with Gasteiger partial charge in [0, 0.05) is 44.1 Å². The fourth-order valence-corrected chi connectivity index (χ4v) is 11.0. The lowest BCUT2D eigenvalue weighted by molar-refractivity contribution is 0.590. The van der Waals surface area contributed by atoms with Gasteiger partial charge in [0.1, 0.15) is 17.2 Å². The summed E-state index contributed by atoms with van der Waals surface area (Å²) in [6.45, 7) is 27.3. The number of hydrogen-bond acceptors (Lipinski definition) is 5. The quantitative estimate of drug-likeness (QED) is 0.171. The SMILES string of the molecule is CC(C)(C)c1ccc2c(c1)c1cc(C(C)(C)C)ccc1n2-c1c(C#N)cc2oc3c(-c4nc(-c5ccccc5)nc(-c5ccccc5)n4)cccc3c2c1-n1c2ccc(C(C)(C)C)cc2c2cc(C(C)(C)C)ccc21. The Morgan fingerprint density at radius 2 is 0.787 bits per heavy atom. The standard InChI is InChI=1S/C68H62N6O/c1-65(2,3)43-26-30-53-49(35-43)50-36-44(66(4,5)6)27-31-54(50)73(53)59-42(39-69)34-57-58(60(59)74-55-32-28-45(67(7,8)9)37-51(55)52-38-46(68(10,11)12)29-33-56(52)74)47-24-19-25-48(61(47)75-57)64-71-62(40-20-15-13-16-21-40)70-63(72-64)41-22-17-14-18-23-41/h13-38H,1-12H3. The number of nitriles is 1. The molecule has 0 aliphatic rings. The molecule has 4 aromatic heterocycles. The van der Waals surface area contributed by atoms with Gasteiger partial charge in [0.25, 0.3) is 0 Å². The molecule has 12 aromatic rings. The third kappa shape index (κ3) is 7.89. The summed E-state index contributed by atoms with van der Waals surface area (Å²) in [5, 5.41) is 18.1. The highest BCUT2D eigenvalue weighted by atomic mass is 16.3. The van der Waals surface area contributed by atoms with Crippen molar-refractivity contribution < 1.29 is 4.42 Å². The zero-order valence-electron chi connectivity index (χ0n) is 45.1. The monoisotopic (exact) mass is 978 g/mol. The molecule has 0 spiro atoms. The van der Waals surface area contributed by atoms with E-state index < -0.39 is 0 Å². The first-order valence-corrected chi connectivity index (χ1v) is 26.2. The van der Waals surface area contributed by atoms with Crippen molar-refractivity contribution in [2.24, 2.45) is 0 Å². The number of fused-ring (bicyclic) bond motifs is 9. The van der Waals surface area contributed by atoms with Crippen LogP contribution >= 0.6 is 0 Å². The highest BCUT2D eigenvalue weighted by Gasteiger charge is 2.31. The first-order valence-electron chi connectivity index (χ1n) is 26.2. The normalized spacial score (nSPS) is 12.8. The van der Waals surface area contributed by atoms with Crippen LogP contribution in [0.2, 0.25) is 0 Å². The van der Waals surface area contributed by atoms with Crippen molar-refractivity contribution in [3.8, 4) is 51.6 Å². The molecule has 12 rings (SSSR count). The highest BCUT2D eigenvalue weighted by Crippen LogP contribution is 2.48. The second-order valence-electron chi connectivity index (χ2n) is 24.5. The number of aromatic nitrogens is 5. The van der Waals surface area contributed by atoms with E-state index in [0.29, 0.717) is 34.2 Å². The van der Waals surface area contributed by atoms with Gasteiger partial charge < -0.3 is 13.6 Å². The van der Waals surface area contributed by atoms with E-state index in [-0.39, 0.29) is 21.7 Å². The van der Waals surface area contributed by atoms with Crippen molar-refractivity contribution in [2.75, 3.05) is 0 Å². The predicted molar refractivity (Wildman–Crippen MR) is 312 cm³/mol. The molecule has 0 saturated heterocycles. The summed E-state index contributed by atoms with van der Waals surface area (Å²) >= 11 is 0. The van der Waals surface area contributed by atoms with Crippen LogP contribution < -0.4 is 0 Å². The van der Waals surface area contributed by atoms with Gasteiger partial charge in [-0.2, -0.15) is 5.26 Å². The Morgan fingerprint density at radius 3 is 1.17 bits per heavy atom.